The van der Waals surface area contributed by atoms with Gasteiger partial charge in [-0.05, 0) is 50.0 Å². The largest absolute Gasteiger partial charge is 0.437 e. The Morgan fingerprint density at radius 3 is 2.44 bits per heavy atom. The van der Waals surface area contributed by atoms with Crippen LogP contribution in [0.25, 0.3) is 0 Å². The van der Waals surface area contributed by atoms with Crippen LogP contribution in [0.15, 0.2) is 53.4 Å². The van der Waals surface area contributed by atoms with Crippen molar-refractivity contribution in [3.05, 3.63) is 54.1 Å². The van der Waals surface area contributed by atoms with Gasteiger partial charge in [-0.2, -0.15) is 0 Å². The number of amides is 1. The number of sulfonamides is 1. The summed E-state index contributed by atoms with van der Waals surface area (Å²) >= 11 is 0. The Morgan fingerprint density at radius 2 is 1.85 bits per heavy atom. The summed E-state index contributed by atoms with van der Waals surface area (Å²) in [7, 11) is -4.53. The molecule has 0 radical (unpaired) electrons. The number of aryl methyl sites for hydroxylation is 1. The molecule has 4 N–H and O–H groups in total. The van der Waals surface area contributed by atoms with Crippen LogP contribution in [0.5, 0.6) is 0 Å². The van der Waals surface area contributed by atoms with E-state index in [9.17, 15) is 18.2 Å². The molecule has 0 aliphatic rings. The first-order valence-corrected chi connectivity index (χ1v) is 10.1. The van der Waals surface area contributed by atoms with Gasteiger partial charge in [-0.25, -0.2) is 8.42 Å². The first-order chi connectivity index (χ1) is 12.7. The van der Waals surface area contributed by atoms with Crippen LogP contribution in [-0.4, -0.2) is 32.4 Å². The number of rotatable bonds is 8. The molecule has 0 unspecified atom stereocenters. The number of hydrogen-bond donors (Lipinski definition) is 4. The van der Waals surface area contributed by atoms with Crippen LogP contribution in [-0.2, 0) is 14.8 Å². The number of carbonyl (C=O) groups is 1. The molecule has 7 nitrogen and oxygen atoms in total. The molecule has 0 aliphatic heterocycles. The van der Waals surface area contributed by atoms with Crippen LogP contribution >= 0.6 is 0 Å². The van der Waals surface area contributed by atoms with Crippen molar-refractivity contribution in [3.8, 4) is 0 Å². The third-order valence-electron chi connectivity index (χ3n) is 3.97. The van der Waals surface area contributed by atoms with E-state index >= 15 is 0 Å². The number of hydrogen-bond acceptors (Lipinski definition) is 5. The molecule has 1 atom stereocenters. The summed E-state index contributed by atoms with van der Waals surface area (Å²) in [5.74, 6) is -0.301. The molecule has 144 valence electrons. The fraction of sp³-hybridized carbons (Fsp3) is 0.278. The van der Waals surface area contributed by atoms with Gasteiger partial charge in [0.05, 0.1) is 16.6 Å². The monoisotopic (exact) mass is 389 g/mol. The molecule has 0 aliphatic carbocycles. The van der Waals surface area contributed by atoms with Crippen molar-refractivity contribution in [1.29, 1.82) is 0 Å². The van der Waals surface area contributed by atoms with E-state index in [1.807, 2.05) is 13.8 Å². The highest BCUT2D eigenvalue weighted by Gasteiger charge is 2.20. The highest BCUT2D eigenvalue weighted by molar-refractivity contribution is 7.92. The quantitative estimate of drug-likeness (QED) is 0.518. The lowest BCUT2D eigenvalue weighted by Gasteiger charge is -2.19. The fourth-order valence-electron chi connectivity index (χ4n) is 2.52. The van der Waals surface area contributed by atoms with Crippen LogP contribution in [0.2, 0.25) is 6.82 Å². The van der Waals surface area contributed by atoms with Gasteiger partial charge in [-0.15, -0.1) is 0 Å². The van der Waals surface area contributed by atoms with Crippen molar-refractivity contribution in [3.63, 3.8) is 0 Å². The highest BCUT2D eigenvalue weighted by Crippen LogP contribution is 2.23. The molecule has 0 saturated heterocycles. The minimum Gasteiger partial charge on any atom is -0.437 e. The third-order valence-corrected chi connectivity index (χ3v) is 5.37. The highest BCUT2D eigenvalue weighted by atomic mass is 32.2. The predicted octanol–water partition coefficient (Wildman–Crippen LogP) is 2.21. The molecule has 0 fully saturated rings. The second-order valence-electron chi connectivity index (χ2n) is 6.24. The Bertz CT molecular complexity index is 889. The maximum atomic E-state index is 12.5. The number of anilines is 2. The Kier molecular flexibility index (Phi) is 7.01. The molecule has 2 rings (SSSR count). The van der Waals surface area contributed by atoms with Gasteiger partial charge in [-0.3, -0.25) is 9.52 Å². The summed E-state index contributed by atoms with van der Waals surface area (Å²) in [5.41, 5.74) is 1.63. The minimum atomic E-state index is -3.72. The third kappa shape index (κ3) is 5.82. The van der Waals surface area contributed by atoms with Crippen LogP contribution in [0.3, 0.4) is 0 Å². The molecule has 1 amide bonds. The SMILES string of the molecule is CC[C@H](NB(C)O)C(=O)Nc1cc(NS(=O)(=O)c2ccccc2)ccc1C. The van der Waals surface area contributed by atoms with Crippen molar-refractivity contribution in [2.24, 2.45) is 0 Å². The average molecular weight is 389 g/mol. The zero-order valence-corrected chi connectivity index (χ0v) is 16.4. The second-order valence-corrected chi connectivity index (χ2v) is 7.92. The lowest BCUT2D eigenvalue weighted by Crippen LogP contribution is -2.46. The van der Waals surface area contributed by atoms with Crippen LogP contribution in [0, 0.1) is 6.92 Å². The molecule has 0 spiro atoms. The minimum absolute atomic E-state index is 0.156. The summed E-state index contributed by atoms with van der Waals surface area (Å²) in [5, 5.41) is 15.0. The lowest BCUT2D eigenvalue weighted by atomic mass is 9.86. The van der Waals surface area contributed by atoms with E-state index in [-0.39, 0.29) is 10.8 Å². The van der Waals surface area contributed by atoms with Crippen molar-refractivity contribution >= 4 is 34.4 Å². The molecule has 0 bridgehead atoms. The summed E-state index contributed by atoms with van der Waals surface area (Å²) in [6, 6.07) is 12.4. The van der Waals surface area contributed by atoms with Gasteiger partial charge in [0.15, 0.2) is 0 Å². The molecular formula is C18H24BN3O4S. The van der Waals surface area contributed by atoms with Crippen molar-refractivity contribution in [1.82, 2.24) is 5.23 Å². The van der Waals surface area contributed by atoms with E-state index in [4.69, 9.17) is 0 Å². The van der Waals surface area contributed by atoms with Gasteiger partial charge in [0, 0.05) is 5.69 Å². The van der Waals surface area contributed by atoms with Crippen molar-refractivity contribution in [2.75, 3.05) is 10.0 Å². The van der Waals surface area contributed by atoms with Crippen molar-refractivity contribution in [2.45, 2.75) is 38.0 Å². The van der Waals surface area contributed by atoms with E-state index in [1.165, 1.54) is 12.1 Å². The number of benzene rings is 2. The normalized spacial score (nSPS) is 12.3. The number of nitrogens with one attached hydrogen (secondary N) is 3. The Balaban J connectivity index is 2.20. The number of carbonyl (C=O) groups excluding carboxylic acids is 1. The second kappa shape index (κ2) is 9.03. The molecule has 27 heavy (non-hydrogen) atoms. The molecule has 0 aromatic heterocycles. The van der Waals surface area contributed by atoms with E-state index < -0.39 is 23.1 Å². The molecular weight excluding hydrogens is 365 g/mol. The standard InChI is InChI=1S/C18H24BN3O4S/c1-4-16(21-19(3)24)18(23)20-17-12-14(11-10-13(17)2)22-27(25,26)15-8-6-5-7-9-15/h5-12,16,21-22,24H,4H2,1-3H3,(H,20,23)/t16-/m0/s1. The van der Waals surface area contributed by atoms with Gasteiger partial charge < -0.3 is 15.6 Å². The zero-order chi connectivity index (χ0) is 20.0. The average Bonchev–Trinajstić information content (AvgIpc) is 2.62. The van der Waals surface area contributed by atoms with Crippen LogP contribution in [0.4, 0.5) is 11.4 Å². The first kappa shape index (κ1) is 21.0. The van der Waals surface area contributed by atoms with E-state index in [0.29, 0.717) is 17.8 Å². The Labute approximate surface area is 160 Å². The summed E-state index contributed by atoms with van der Waals surface area (Å²) in [6.45, 7) is 5.19. The Hall–Kier alpha value is -2.36. The van der Waals surface area contributed by atoms with Gasteiger partial charge in [0.25, 0.3) is 10.0 Å². The summed E-state index contributed by atoms with van der Waals surface area (Å²) in [6.07, 6.45) is 0.496. The van der Waals surface area contributed by atoms with E-state index in [1.54, 1.807) is 43.2 Å². The topological polar surface area (TPSA) is 108 Å². The summed E-state index contributed by atoms with van der Waals surface area (Å²) in [4.78, 5) is 12.6. The van der Waals surface area contributed by atoms with Gasteiger partial charge in [-0.1, -0.05) is 31.2 Å². The predicted molar refractivity (Wildman–Crippen MR) is 108 cm³/mol. The lowest BCUT2D eigenvalue weighted by molar-refractivity contribution is -0.117. The molecule has 0 heterocycles. The van der Waals surface area contributed by atoms with Gasteiger partial charge >= 0.3 is 7.05 Å². The Morgan fingerprint density at radius 1 is 1.19 bits per heavy atom. The molecule has 2 aromatic carbocycles. The molecule has 0 saturated carbocycles. The maximum Gasteiger partial charge on any atom is 0.374 e. The van der Waals surface area contributed by atoms with E-state index in [2.05, 4.69) is 15.3 Å². The smallest absolute Gasteiger partial charge is 0.374 e. The fourth-order valence-corrected chi connectivity index (χ4v) is 3.59. The molecule has 2 aromatic rings. The zero-order valence-electron chi connectivity index (χ0n) is 15.6. The van der Waals surface area contributed by atoms with Crippen LogP contribution in [0.1, 0.15) is 18.9 Å². The van der Waals surface area contributed by atoms with Gasteiger partial charge in [0.1, 0.15) is 0 Å². The first-order valence-electron chi connectivity index (χ1n) is 8.66. The van der Waals surface area contributed by atoms with Crippen LogP contribution < -0.4 is 15.3 Å². The van der Waals surface area contributed by atoms with Crippen molar-refractivity contribution < 1.29 is 18.2 Å². The van der Waals surface area contributed by atoms with Gasteiger partial charge in [0.2, 0.25) is 5.91 Å². The maximum absolute atomic E-state index is 12.5. The molecule has 9 heteroatoms. The van der Waals surface area contributed by atoms with E-state index in [0.717, 1.165) is 5.56 Å². The summed E-state index contributed by atoms with van der Waals surface area (Å²) < 4.78 is 27.4.